The molecule has 0 aliphatic rings. The zero-order valence-corrected chi connectivity index (χ0v) is 11.0. The van der Waals surface area contributed by atoms with Crippen molar-refractivity contribution in [1.29, 1.82) is 0 Å². The van der Waals surface area contributed by atoms with Gasteiger partial charge in [-0.1, -0.05) is 23.7 Å². The van der Waals surface area contributed by atoms with Gasteiger partial charge in [0.1, 0.15) is 11.6 Å². The van der Waals surface area contributed by atoms with E-state index in [4.69, 9.17) is 16.7 Å². The van der Waals surface area contributed by atoms with Gasteiger partial charge < -0.3 is 10.4 Å². The lowest BCUT2D eigenvalue weighted by Crippen LogP contribution is -2.08. The zero-order valence-electron chi connectivity index (χ0n) is 10.2. The number of carbonyl (C=O) groups is 1. The normalized spacial score (nSPS) is 10.2. The van der Waals surface area contributed by atoms with Gasteiger partial charge in [-0.3, -0.25) is 0 Å². The van der Waals surface area contributed by atoms with Crippen LogP contribution in [0.15, 0.2) is 30.3 Å². The molecule has 0 fully saturated rings. The Balaban J connectivity index is 2.34. The largest absolute Gasteiger partial charge is 0.477 e. The minimum atomic E-state index is -1.08. The molecule has 2 rings (SSSR count). The molecule has 0 atom stereocenters. The highest BCUT2D eigenvalue weighted by molar-refractivity contribution is 6.30. The van der Waals surface area contributed by atoms with E-state index >= 15 is 0 Å². The Morgan fingerprint density at radius 1 is 1.37 bits per heavy atom. The predicted octanol–water partition coefficient (Wildman–Crippen LogP) is 2.46. The Kier molecular flexibility index (Phi) is 3.97. The van der Waals surface area contributed by atoms with Gasteiger partial charge >= 0.3 is 5.97 Å². The number of aromatic carboxylic acids is 1. The van der Waals surface area contributed by atoms with E-state index in [1.165, 1.54) is 6.07 Å². The van der Waals surface area contributed by atoms with Crippen molar-refractivity contribution in [3.05, 3.63) is 52.4 Å². The van der Waals surface area contributed by atoms with Crippen LogP contribution in [0.5, 0.6) is 0 Å². The molecule has 19 heavy (non-hydrogen) atoms. The van der Waals surface area contributed by atoms with Crippen LogP contribution in [0, 0.1) is 0 Å². The van der Waals surface area contributed by atoms with E-state index in [9.17, 15) is 4.79 Å². The van der Waals surface area contributed by atoms with Crippen LogP contribution in [-0.2, 0) is 6.42 Å². The van der Waals surface area contributed by atoms with Gasteiger partial charge in [0.05, 0.1) is 0 Å². The molecular weight excluding hydrogens is 266 g/mol. The highest BCUT2D eigenvalue weighted by Gasteiger charge is 2.10. The number of rotatable bonds is 4. The van der Waals surface area contributed by atoms with Gasteiger partial charge in [0.2, 0.25) is 0 Å². The van der Waals surface area contributed by atoms with Gasteiger partial charge in [-0.25, -0.2) is 14.8 Å². The molecule has 0 spiro atoms. The number of hydrogen-bond donors (Lipinski definition) is 2. The van der Waals surface area contributed by atoms with Gasteiger partial charge in [0.25, 0.3) is 0 Å². The fraction of sp³-hybridized carbons (Fsp3) is 0.154. The van der Waals surface area contributed by atoms with E-state index in [-0.39, 0.29) is 5.69 Å². The van der Waals surface area contributed by atoms with Crippen molar-refractivity contribution in [2.24, 2.45) is 0 Å². The second-order valence-electron chi connectivity index (χ2n) is 3.92. The first-order chi connectivity index (χ1) is 9.08. The second kappa shape index (κ2) is 5.67. The van der Waals surface area contributed by atoms with Crippen LogP contribution in [0.4, 0.5) is 5.82 Å². The van der Waals surface area contributed by atoms with Crippen LogP contribution < -0.4 is 5.32 Å². The summed E-state index contributed by atoms with van der Waals surface area (Å²) in [5.41, 5.74) is 0.897. The van der Waals surface area contributed by atoms with Crippen molar-refractivity contribution < 1.29 is 9.90 Å². The lowest BCUT2D eigenvalue weighted by molar-refractivity contribution is 0.0690. The molecule has 0 aliphatic carbocycles. The number of nitrogens with zero attached hydrogens (tertiary/aromatic N) is 2. The van der Waals surface area contributed by atoms with Crippen molar-refractivity contribution in [2.45, 2.75) is 6.42 Å². The molecule has 0 saturated heterocycles. The van der Waals surface area contributed by atoms with Crippen molar-refractivity contribution >= 4 is 23.4 Å². The summed E-state index contributed by atoms with van der Waals surface area (Å²) in [7, 11) is 1.68. The lowest BCUT2D eigenvalue weighted by Gasteiger charge is -2.06. The SMILES string of the molecule is CNc1cc(C(=O)O)nc(Cc2cccc(Cl)c2)n1. The summed E-state index contributed by atoms with van der Waals surface area (Å²) in [6, 6.07) is 8.69. The quantitative estimate of drug-likeness (QED) is 0.898. The van der Waals surface area contributed by atoms with Crippen LogP contribution in [0.2, 0.25) is 5.02 Å². The monoisotopic (exact) mass is 277 g/mol. The van der Waals surface area contributed by atoms with Crippen molar-refractivity contribution in [3.63, 3.8) is 0 Å². The number of hydrogen-bond acceptors (Lipinski definition) is 4. The van der Waals surface area contributed by atoms with E-state index in [0.29, 0.717) is 23.1 Å². The van der Waals surface area contributed by atoms with Gasteiger partial charge in [-0.15, -0.1) is 0 Å². The minimum absolute atomic E-state index is 0.0311. The molecule has 1 aromatic heterocycles. The fourth-order valence-corrected chi connectivity index (χ4v) is 1.86. The average molecular weight is 278 g/mol. The van der Waals surface area contributed by atoms with Crippen molar-refractivity contribution in [2.75, 3.05) is 12.4 Å². The molecule has 0 bridgehead atoms. The van der Waals surface area contributed by atoms with E-state index in [2.05, 4.69) is 15.3 Å². The number of carboxylic acid groups (broad SMARTS) is 1. The summed E-state index contributed by atoms with van der Waals surface area (Å²) in [6.45, 7) is 0. The van der Waals surface area contributed by atoms with E-state index in [1.54, 1.807) is 19.2 Å². The molecule has 0 unspecified atom stereocenters. The summed E-state index contributed by atoms with van der Waals surface area (Å²) in [5.74, 6) is -0.165. The summed E-state index contributed by atoms with van der Waals surface area (Å²) >= 11 is 5.90. The van der Waals surface area contributed by atoms with Crippen LogP contribution in [0.1, 0.15) is 21.9 Å². The summed E-state index contributed by atoms with van der Waals surface area (Å²) in [5, 5.41) is 12.4. The van der Waals surface area contributed by atoms with Crippen LogP contribution in [-0.4, -0.2) is 28.1 Å². The maximum atomic E-state index is 11.0. The van der Waals surface area contributed by atoms with Crippen molar-refractivity contribution in [1.82, 2.24) is 9.97 Å². The summed E-state index contributed by atoms with van der Waals surface area (Å²) in [6.07, 6.45) is 0.427. The average Bonchev–Trinajstić information content (AvgIpc) is 2.38. The number of nitrogens with one attached hydrogen (secondary N) is 1. The topological polar surface area (TPSA) is 75.1 Å². The highest BCUT2D eigenvalue weighted by atomic mass is 35.5. The van der Waals surface area contributed by atoms with Crippen LogP contribution >= 0.6 is 11.6 Å². The number of benzene rings is 1. The van der Waals surface area contributed by atoms with Crippen molar-refractivity contribution in [3.8, 4) is 0 Å². The molecule has 5 nitrogen and oxygen atoms in total. The first kappa shape index (κ1) is 13.3. The first-order valence-electron chi connectivity index (χ1n) is 5.62. The number of anilines is 1. The Hall–Kier alpha value is -2.14. The maximum Gasteiger partial charge on any atom is 0.354 e. The standard InChI is InChI=1S/C13H12ClN3O2/c1-15-11-7-10(13(18)19)16-12(17-11)6-8-3-2-4-9(14)5-8/h2-5,7H,6H2,1H3,(H,18,19)(H,15,16,17). The number of carboxylic acids is 1. The Morgan fingerprint density at radius 2 is 2.16 bits per heavy atom. The fourth-order valence-electron chi connectivity index (χ4n) is 1.64. The third kappa shape index (κ3) is 3.42. The molecule has 0 amide bonds. The molecule has 0 saturated carbocycles. The number of aromatic nitrogens is 2. The zero-order chi connectivity index (χ0) is 13.8. The first-order valence-corrected chi connectivity index (χ1v) is 5.99. The Morgan fingerprint density at radius 3 is 2.79 bits per heavy atom. The molecule has 2 N–H and O–H groups in total. The molecular formula is C13H12ClN3O2. The summed E-state index contributed by atoms with van der Waals surface area (Å²) < 4.78 is 0. The predicted molar refractivity (Wildman–Crippen MR) is 72.8 cm³/mol. The molecule has 6 heteroatoms. The van der Waals surface area contributed by atoms with Gasteiger partial charge in [0, 0.05) is 24.6 Å². The molecule has 1 aromatic carbocycles. The molecule has 98 valence electrons. The van der Waals surface area contributed by atoms with E-state index in [1.807, 2.05) is 12.1 Å². The lowest BCUT2D eigenvalue weighted by atomic mass is 10.1. The van der Waals surface area contributed by atoms with Gasteiger partial charge in [-0.2, -0.15) is 0 Å². The van der Waals surface area contributed by atoms with E-state index < -0.39 is 5.97 Å². The second-order valence-corrected chi connectivity index (χ2v) is 4.35. The molecule has 1 heterocycles. The van der Waals surface area contributed by atoms with Crippen LogP contribution in [0.3, 0.4) is 0 Å². The Bertz CT molecular complexity index is 617. The third-order valence-electron chi connectivity index (χ3n) is 2.50. The minimum Gasteiger partial charge on any atom is -0.477 e. The highest BCUT2D eigenvalue weighted by Crippen LogP contribution is 2.14. The third-order valence-corrected chi connectivity index (χ3v) is 2.73. The van der Waals surface area contributed by atoms with Gasteiger partial charge in [-0.05, 0) is 17.7 Å². The van der Waals surface area contributed by atoms with Crippen LogP contribution in [0.25, 0.3) is 0 Å². The number of halogens is 1. The smallest absolute Gasteiger partial charge is 0.354 e. The van der Waals surface area contributed by atoms with E-state index in [0.717, 1.165) is 5.56 Å². The molecule has 0 radical (unpaired) electrons. The van der Waals surface area contributed by atoms with Gasteiger partial charge in [0.15, 0.2) is 5.69 Å². The maximum absolute atomic E-state index is 11.0. The molecule has 2 aromatic rings. The molecule has 0 aliphatic heterocycles. The Labute approximate surface area is 115 Å². The summed E-state index contributed by atoms with van der Waals surface area (Å²) in [4.78, 5) is 19.2.